The molecule has 1 aliphatic carbocycles. The topological polar surface area (TPSA) is 38.9 Å². The molecule has 0 amide bonds. The second-order valence-electron chi connectivity index (χ2n) is 4.93. The molecule has 1 heterocycles. The van der Waals surface area contributed by atoms with Crippen LogP contribution in [0.15, 0.2) is 10.9 Å². The maximum Gasteiger partial charge on any atom is 0.0795 e. The Bertz CT molecular complexity index is 292. The van der Waals surface area contributed by atoms with Gasteiger partial charge in [-0.1, -0.05) is 20.3 Å². The Kier molecular flexibility index (Phi) is 2.62. The molecule has 2 rings (SSSR count). The zero-order valence-corrected chi connectivity index (χ0v) is 9.68. The third-order valence-corrected chi connectivity index (χ3v) is 4.17. The minimum Gasteiger partial charge on any atom is -0.322 e. The van der Waals surface area contributed by atoms with Crippen molar-refractivity contribution in [3.05, 3.63) is 16.6 Å². The summed E-state index contributed by atoms with van der Waals surface area (Å²) in [6.45, 7) is 4.66. The van der Waals surface area contributed by atoms with Gasteiger partial charge in [-0.3, -0.25) is 0 Å². The van der Waals surface area contributed by atoms with Gasteiger partial charge in [0, 0.05) is 5.38 Å². The zero-order chi connectivity index (χ0) is 10.2. The number of hydrogen-bond donors (Lipinski definition) is 1. The van der Waals surface area contributed by atoms with Crippen molar-refractivity contribution in [1.29, 1.82) is 0 Å². The highest BCUT2D eigenvalue weighted by atomic mass is 32.1. The molecule has 0 aliphatic heterocycles. The molecule has 1 saturated carbocycles. The molecular weight excluding hydrogens is 192 g/mol. The number of aromatic nitrogens is 1. The van der Waals surface area contributed by atoms with E-state index in [1.54, 1.807) is 11.3 Å². The lowest BCUT2D eigenvalue weighted by molar-refractivity contribution is 0.220. The van der Waals surface area contributed by atoms with Crippen LogP contribution in [0, 0.1) is 11.3 Å². The van der Waals surface area contributed by atoms with Gasteiger partial charge < -0.3 is 5.73 Å². The molecule has 0 aromatic carbocycles. The summed E-state index contributed by atoms with van der Waals surface area (Å²) >= 11 is 1.64. The quantitative estimate of drug-likeness (QED) is 0.815. The van der Waals surface area contributed by atoms with Gasteiger partial charge in [-0.25, -0.2) is 4.98 Å². The summed E-state index contributed by atoms with van der Waals surface area (Å²) in [5.74, 6) is 0.601. The SMILES string of the molecule is CC1(C)CCCC1C(N)c1cscn1. The highest BCUT2D eigenvalue weighted by Crippen LogP contribution is 2.47. The number of rotatable bonds is 2. The average Bonchev–Trinajstić information content (AvgIpc) is 2.71. The lowest BCUT2D eigenvalue weighted by Crippen LogP contribution is -2.29. The van der Waals surface area contributed by atoms with Crippen LogP contribution in [0.4, 0.5) is 0 Å². The van der Waals surface area contributed by atoms with Crippen LogP contribution in [0.3, 0.4) is 0 Å². The van der Waals surface area contributed by atoms with Crippen molar-refractivity contribution in [2.24, 2.45) is 17.1 Å². The van der Waals surface area contributed by atoms with Crippen LogP contribution >= 0.6 is 11.3 Å². The maximum absolute atomic E-state index is 6.26. The Hall–Kier alpha value is -0.410. The van der Waals surface area contributed by atoms with E-state index in [1.165, 1.54) is 19.3 Å². The lowest BCUT2D eigenvalue weighted by atomic mass is 9.77. The predicted octanol–water partition coefficient (Wildman–Crippen LogP) is 2.97. The van der Waals surface area contributed by atoms with Crippen LogP contribution in [-0.2, 0) is 0 Å². The molecule has 1 aliphatic rings. The number of hydrogen-bond acceptors (Lipinski definition) is 3. The minimum atomic E-state index is 0.138. The molecule has 1 fully saturated rings. The summed E-state index contributed by atoms with van der Waals surface area (Å²) in [6.07, 6.45) is 3.87. The van der Waals surface area contributed by atoms with Crippen molar-refractivity contribution in [3.63, 3.8) is 0 Å². The summed E-state index contributed by atoms with van der Waals surface area (Å²) in [4.78, 5) is 4.32. The van der Waals surface area contributed by atoms with E-state index in [2.05, 4.69) is 24.2 Å². The van der Waals surface area contributed by atoms with Crippen molar-refractivity contribution in [2.75, 3.05) is 0 Å². The van der Waals surface area contributed by atoms with Crippen LogP contribution in [0.2, 0.25) is 0 Å². The fourth-order valence-corrected chi connectivity index (χ4v) is 3.21. The molecule has 1 aromatic heterocycles. The Labute approximate surface area is 89.5 Å². The lowest BCUT2D eigenvalue weighted by Gasteiger charge is -2.31. The smallest absolute Gasteiger partial charge is 0.0795 e. The molecule has 2 atom stereocenters. The summed E-state index contributed by atoms with van der Waals surface area (Å²) in [5.41, 5.74) is 9.61. The van der Waals surface area contributed by atoms with Gasteiger partial charge in [0.1, 0.15) is 0 Å². The van der Waals surface area contributed by atoms with Gasteiger partial charge in [-0.2, -0.15) is 0 Å². The van der Waals surface area contributed by atoms with E-state index in [0.29, 0.717) is 11.3 Å². The minimum absolute atomic E-state index is 0.138. The van der Waals surface area contributed by atoms with Gasteiger partial charge in [0.2, 0.25) is 0 Å². The summed E-state index contributed by atoms with van der Waals surface area (Å²) in [6, 6.07) is 0.138. The Morgan fingerprint density at radius 3 is 2.93 bits per heavy atom. The number of nitrogens with zero attached hydrogens (tertiary/aromatic N) is 1. The second kappa shape index (κ2) is 3.63. The highest BCUT2D eigenvalue weighted by Gasteiger charge is 2.39. The molecule has 3 heteroatoms. The number of nitrogens with two attached hydrogens (primary N) is 1. The highest BCUT2D eigenvalue weighted by molar-refractivity contribution is 7.07. The van der Waals surface area contributed by atoms with E-state index in [-0.39, 0.29) is 6.04 Å². The zero-order valence-electron chi connectivity index (χ0n) is 8.86. The van der Waals surface area contributed by atoms with E-state index < -0.39 is 0 Å². The first-order valence-electron chi connectivity index (χ1n) is 5.25. The molecule has 78 valence electrons. The standard InChI is InChI=1S/C11H18N2S/c1-11(2)5-3-4-8(11)10(12)9-6-14-7-13-9/h6-8,10H,3-5,12H2,1-2H3. The van der Waals surface area contributed by atoms with Crippen molar-refractivity contribution < 1.29 is 0 Å². The van der Waals surface area contributed by atoms with Crippen LogP contribution in [0.5, 0.6) is 0 Å². The van der Waals surface area contributed by atoms with Gasteiger partial charge in [0.05, 0.1) is 17.2 Å². The predicted molar refractivity (Wildman–Crippen MR) is 60.2 cm³/mol. The third-order valence-electron chi connectivity index (χ3n) is 3.57. The van der Waals surface area contributed by atoms with Gasteiger partial charge in [-0.15, -0.1) is 11.3 Å². The average molecular weight is 210 g/mol. The monoisotopic (exact) mass is 210 g/mol. The Morgan fingerprint density at radius 2 is 2.43 bits per heavy atom. The first-order valence-corrected chi connectivity index (χ1v) is 6.19. The molecule has 2 unspecified atom stereocenters. The van der Waals surface area contributed by atoms with Gasteiger partial charge >= 0.3 is 0 Å². The molecule has 0 bridgehead atoms. The largest absolute Gasteiger partial charge is 0.322 e. The molecule has 0 saturated heterocycles. The fourth-order valence-electron chi connectivity index (χ4n) is 2.61. The fraction of sp³-hybridized carbons (Fsp3) is 0.727. The van der Waals surface area contributed by atoms with Gasteiger partial charge in [-0.05, 0) is 24.2 Å². The summed E-state index contributed by atoms with van der Waals surface area (Å²) in [5, 5.41) is 2.08. The summed E-state index contributed by atoms with van der Waals surface area (Å²) < 4.78 is 0. The van der Waals surface area contributed by atoms with Crippen LogP contribution in [-0.4, -0.2) is 4.98 Å². The maximum atomic E-state index is 6.26. The van der Waals surface area contributed by atoms with Crippen molar-refractivity contribution in [1.82, 2.24) is 4.98 Å². The first-order chi connectivity index (χ1) is 6.61. The van der Waals surface area contributed by atoms with Crippen molar-refractivity contribution in [3.8, 4) is 0 Å². The summed E-state index contributed by atoms with van der Waals surface area (Å²) in [7, 11) is 0. The molecule has 1 aromatic rings. The van der Waals surface area contributed by atoms with Crippen LogP contribution in [0.1, 0.15) is 44.8 Å². The van der Waals surface area contributed by atoms with Crippen molar-refractivity contribution >= 4 is 11.3 Å². The molecule has 2 nitrogen and oxygen atoms in total. The van der Waals surface area contributed by atoms with E-state index in [4.69, 9.17) is 5.73 Å². The molecule has 0 radical (unpaired) electrons. The van der Waals surface area contributed by atoms with Crippen LogP contribution in [0.25, 0.3) is 0 Å². The second-order valence-corrected chi connectivity index (χ2v) is 5.65. The molecule has 0 spiro atoms. The molecule has 14 heavy (non-hydrogen) atoms. The normalized spacial score (nSPS) is 27.8. The Balaban J connectivity index is 2.16. The third kappa shape index (κ3) is 1.71. The Morgan fingerprint density at radius 1 is 1.64 bits per heavy atom. The van der Waals surface area contributed by atoms with Gasteiger partial charge in [0.15, 0.2) is 0 Å². The van der Waals surface area contributed by atoms with E-state index in [1.807, 2.05) is 5.51 Å². The van der Waals surface area contributed by atoms with Crippen molar-refractivity contribution in [2.45, 2.75) is 39.2 Å². The van der Waals surface area contributed by atoms with E-state index in [0.717, 1.165) is 5.69 Å². The molecule has 2 N–H and O–H groups in total. The van der Waals surface area contributed by atoms with Gasteiger partial charge in [0.25, 0.3) is 0 Å². The number of thiazole rings is 1. The van der Waals surface area contributed by atoms with Crippen LogP contribution < -0.4 is 5.73 Å². The van der Waals surface area contributed by atoms with E-state index >= 15 is 0 Å². The molecular formula is C11H18N2S. The van der Waals surface area contributed by atoms with E-state index in [9.17, 15) is 0 Å². The first kappa shape index (κ1) is 10.1.